The van der Waals surface area contributed by atoms with Gasteiger partial charge in [0.25, 0.3) is 0 Å². The number of carboxylic acids is 2. The zero-order valence-corrected chi connectivity index (χ0v) is 36.1. The maximum Gasteiger partial charge on any atom is 0.305 e. The van der Waals surface area contributed by atoms with Gasteiger partial charge in [0.15, 0.2) is 9.84 Å². The van der Waals surface area contributed by atoms with Crippen molar-refractivity contribution in [2.75, 3.05) is 80.6 Å². The van der Waals surface area contributed by atoms with Gasteiger partial charge >= 0.3 is 11.9 Å². The minimum Gasteiger partial charge on any atom is -0.496 e. The van der Waals surface area contributed by atoms with Crippen LogP contribution in [-0.2, 0) is 19.4 Å². The zero-order valence-electron chi connectivity index (χ0n) is 35.3. The Labute approximate surface area is 355 Å². The number of hydrogen-bond acceptors (Lipinski definition) is 14. The number of ether oxygens (including phenoxy) is 8. The van der Waals surface area contributed by atoms with Crippen LogP contribution in [0.25, 0.3) is 12.2 Å². The highest BCUT2D eigenvalue weighted by molar-refractivity contribution is 7.92. The van der Waals surface area contributed by atoms with Gasteiger partial charge in [0.1, 0.15) is 56.5 Å². The molecule has 2 atom stereocenters. The number of carboxylic acid groups (broad SMARTS) is 2. The van der Waals surface area contributed by atoms with E-state index in [0.29, 0.717) is 79.6 Å². The first kappa shape index (κ1) is 46.9. The van der Waals surface area contributed by atoms with Crippen molar-refractivity contribution in [3.05, 3.63) is 95.1 Å². The van der Waals surface area contributed by atoms with E-state index in [0.717, 1.165) is 0 Å². The Morgan fingerprint density at radius 3 is 1.13 bits per heavy atom. The summed E-state index contributed by atoms with van der Waals surface area (Å²) in [5, 5.41) is 22.0. The lowest BCUT2D eigenvalue weighted by atomic mass is 10.1. The van der Waals surface area contributed by atoms with E-state index in [1.165, 1.54) is 69.0 Å². The van der Waals surface area contributed by atoms with E-state index >= 15 is 8.42 Å². The van der Waals surface area contributed by atoms with Crippen molar-refractivity contribution < 1.29 is 66.1 Å². The second-order valence-electron chi connectivity index (χ2n) is 13.1. The van der Waals surface area contributed by atoms with Gasteiger partial charge in [-0.05, 0) is 47.5 Å². The average molecular weight is 865 g/mol. The van der Waals surface area contributed by atoms with Crippen molar-refractivity contribution in [3.8, 4) is 46.0 Å². The Morgan fingerprint density at radius 2 is 0.852 bits per heavy atom. The fourth-order valence-corrected chi connectivity index (χ4v) is 8.39. The minimum absolute atomic E-state index is 0.0308. The van der Waals surface area contributed by atoms with Crippen LogP contribution in [0.5, 0.6) is 46.0 Å². The normalized spacial score (nSPS) is 12.3. The highest BCUT2D eigenvalue weighted by Crippen LogP contribution is 2.44. The number of methoxy groups -OCH3 is 8. The highest BCUT2D eigenvalue weighted by atomic mass is 32.2. The van der Waals surface area contributed by atoms with E-state index < -0.39 is 32.3 Å². The molecule has 0 aliphatic heterocycles. The van der Waals surface area contributed by atoms with Crippen LogP contribution >= 0.6 is 0 Å². The Kier molecular flexibility index (Phi) is 16.9. The monoisotopic (exact) mass is 864 g/mol. The topological polar surface area (TPSA) is 207 Å². The van der Waals surface area contributed by atoms with Gasteiger partial charge in [-0.3, -0.25) is 9.59 Å². The number of sulfone groups is 1. The Morgan fingerprint density at radius 1 is 0.525 bits per heavy atom. The van der Waals surface area contributed by atoms with Crippen molar-refractivity contribution in [2.24, 2.45) is 0 Å². The lowest BCUT2D eigenvalue weighted by Gasteiger charge is -2.24. The molecular formula is C44H52N2O14S. The number of hydrogen-bond donors (Lipinski definition) is 4. The number of anilines is 2. The fourth-order valence-electron chi connectivity index (χ4n) is 6.43. The molecule has 0 radical (unpaired) electrons. The quantitative estimate of drug-likeness (QED) is 0.0552. The molecule has 0 amide bonds. The largest absolute Gasteiger partial charge is 0.496 e. The molecule has 0 saturated carbocycles. The lowest BCUT2D eigenvalue weighted by Crippen LogP contribution is -2.20. The number of carbonyl (C=O) groups is 2. The molecule has 0 heterocycles. The van der Waals surface area contributed by atoms with Gasteiger partial charge in [0.05, 0.1) is 92.2 Å². The molecule has 16 nitrogen and oxygen atoms in total. The van der Waals surface area contributed by atoms with Crippen LogP contribution in [0.15, 0.2) is 72.8 Å². The third kappa shape index (κ3) is 11.7. The lowest BCUT2D eigenvalue weighted by molar-refractivity contribution is -0.137. The van der Waals surface area contributed by atoms with Crippen LogP contribution in [-0.4, -0.2) is 101 Å². The van der Waals surface area contributed by atoms with Gasteiger partial charge in [0.2, 0.25) is 0 Å². The highest BCUT2D eigenvalue weighted by Gasteiger charge is 2.35. The van der Waals surface area contributed by atoms with E-state index in [4.69, 9.17) is 37.9 Å². The van der Waals surface area contributed by atoms with Gasteiger partial charge in [-0.1, -0.05) is 24.3 Å². The molecule has 4 aromatic carbocycles. The first-order valence-electron chi connectivity index (χ1n) is 18.7. The van der Waals surface area contributed by atoms with Crippen molar-refractivity contribution >= 4 is 45.3 Å². The van der Waals surface area contributed by atoms with Crippen LogP contribution in [0.1, 0.15) is 45.6 Å². The molecule has 0 aliphatic carbocycles. The van der Waals surface area contributed by atoms with E-state index in [1.807, 2.05) is 0 Å². The molecule has 4 aromatic rings. The zero-order chi connectivity index (χ0) is 44.7. The molecule has 328 valence electrons. The third-order valence-corrected chi connectivity index (χ3v) is 11.8. The molecule has 0 spiro atoms. The minimum atomic E-state index is -4.47. The van der Waals surface area contributed by atoms with Crippen molar-refractivity contribution in [1.29, 1.82) is 0 Å². The average Bonchev–Trinajstić information content (AvgIpc) is 3.25. The summed E-state index contributed by atoms with van der Waals surface area (Å²) in [6.07, 6.45) is 5.77. The molecule has 61 heavy (non-hydrogen) atoms. The number of nitrogens with one attached hydrogen (secondary N) is 2. The van der Waals surface area contributed by atoms with Crippen LogP contribution in [0.2, 0.25) is 0 Å². The molecule has 17 heteroatoms. The van der Waals surface area contributed by atoms with E-state index in [1.54, 1.807) is 72.8 Å². The molecule has 4 N–H and O–H groups in total. The maximum absolute atomic E-state index is 15.7. The van der Waals surface area contributed by atoms with Gasteiger partial charge < -0.3 is 58.7 Å². The summed E-state index contributed by atoms with van der Waals surface area (Å²) in [4.78, 5) is 22.8. The van der Waals surface area contributed by atoms with E-state index in [2.05, 4.69) is 10.6 Å². The van der Waals surface area contributed by atoms with Crippen LogP contribution in [0, 0.1) is 0 Å². The maximum atomic E-state index is 15.7. The molecule has 0 aliphatic rings. The summed E-state index contributed by atoms with van der Waals surface area (Å²) in [7, 11) is 7.28. The predicted octanol–water partition coefficient (Wildman–Crippen LogP) is 7.15. The van der Waals surface area contributed by atoms with E-state index in [9.17, 15) is 19.8 Å². The van der Waals surface area contributed by atoms with Crippen molar-refractivity contribution in [2.45, 2.75) is 23.3 Å². The van der Waals surface area contributed by atoms with Gasteiger partial charge in [0, 0.05) is 37.4 Å². The number of rotatable bonds is 24. The first-order chi connectivity index (χ1) is 29.3. The van der Waals surface area contributed by atoms with Gasteiger partial charge in [-0.2, -0.15) is 0 Å². The number of benzene rings is 4. The fraction of sp³-hybridized carbons (Fsp3) is 0.318. The molecule has 4 rings (SSSR count). The van der Waals surface area contributed by atoms with Crippen LogP contribution in [0.4, 0.5) is 11.4 Å². The standard InChI is InChI=1S/C44H52N2O14S/c1-53-29-23-37(57-5)31(38(24-29)58-6)11-15-41(27-9-13-35(55-3)33(21-27)45-19-17-43(47)48)61(51,52)42(16-12-32-39(59-7)25-30(54-2)26-40(32)60-8)28-10-14-36(56-4)34(22-28)46-20-18-44(49)50/h9-16,21-26,41-42,45-46H,17-20H2,1-8H3,(H,47,48)(H,49,50). The Hall–Kier alpha value is -6.75. The summed E-state index contributed by atoms with van der Waals surface area (Å²) in [6.45, 7) is 0.0616. The van der Waals surface area contributed by atoms with Crippen LogP contribution in [0.3, 0.4) is 0 Å². The Balaban J connectivity index is 2.06. The molecule has 2 unspecified atom stereocenters. The van der Waals surface area contributed by atoms with Gasteiger partial charge in [-0.15, -0.1) is 0 Å². The number of aliphatic carboxylic acids is 2. The van der Waals surface area contributed by atoms with Crippen molar-refractivity contribution in [3.63, 3.8) is 0 Å². The molecule has 0 aromatic heterocycles. The second-order valence-corrected chi connectivity index (χ2v) is 15.3. The molecule has 0 fully saturated rings. The third-order valence-electron chi connectivity index (χ3n) is 9.50. The smallest absolute Gasteiger partial charge is 0.305 e. The summed E-state index contributed by atoms with van der Waals surface area (Å²) in [5.41, 5.74) is 2.18. The second kappa shape index (κ2) is 22.0. The SMILES string of the molecule is COc1cc(OC)c(C=CC(c2ccc(OC)c(NCCC(=O)O)c2)S(=O)(=O)C(C=Cc2c(OC)cc(OC)cc2OC)c2ccc(OC)c(NCCC(=O)O)c2)c(OC)c1. The summed E-state index contributed by atoms with van der Waals surface area (Å²) in [5.74, 6) is 0.939. The molecule has 0 bridgehead atoms. The van der Waals surface area contributed by atoms with Crippen molar-refractivity contribution in [1.82, 2.24) is 0 Å². The van der Waals surface area contributed by atoms with Gasteiger partial charge in [-0.25, -0.2) is 8.42 Å². The summed E-state index contributed by atoms with van der Waals surface area (Å²) in [6, 6.07) is 16.2. The Bertz CT molecular complexity index is 2120. The first-order valence-corrected chi connectivity index (χ1v) is 20.4. The molecular weight excluding hydrogens is 813 g/mol. The summed E-state index contributed by atoms with van der Waals surface area (Å²) < 4.78 is 76.1. The predicted molar refractivity (Wildman–Crippen MR) is 232 cm³/mol. The van der Waals surface area contributed by atoms with Crippen LogP contribution < -0.4 is 48.5 Å². The molecule has 0 saturated heterocycles. The van der Waals surface area contributed by atoms with E-state index in [-0.39, 0.29) is 25.9 Å². The summed E-state index contributed by atoms with van der Waals surface area (Å²) >= 11 is 0.